The van der Waals surface area contributed by atoms with Crippen LogP contribution in [-0.4, -0.2) is 47.2 Å². The molecule has 3 aliphatic rings. The summed E-state index contributed by atoms with van der Waals surface area (Å²) in [5, 5.41) is 0. The molecule has 2 fully saturated rings. The van der Waals surface area contributed by atoms with Crippen molar-refractivity contribution in [3.63, 3.8) is 0 Å². The minimum Gasteiger partial charge on any atom is -0.341 e. The number of amides is 3. The highest BCUT2D eigenvalue weighted by Gasteiger charge is 2.36. The largest absolute Gasteiger partial charge is 0.341 e. The number of carbonyl (C=O) groups excluding carboxylic acids is 3. The van der Waals surface area contributed by atoms with E-state index in [9.17, 15) is 14.4 Å². The molecule has 0 unspecified atom stereocenters. The van der Waals surface area contributed by atoms with Crippen molar-refractivity contribution in [3.05, 3.63) is 35.4 Å². The topological polar surface area (TPSA) is 57.7 Å². The summed E-state index contributed by atoms with van der Waals surface area (Å²) in [4.78, 5) is 40.7. The summed E-state index contributed by atoms with van der Waals surface area (Å²) in [6.45, 7) is 1.42. The van der Waals surface area contributed by atoms with Crippen LogP contribution in [0.15, 0.2) is 24.3 Å². The molecule has 1 saturated carbocycles. The second-order valence-electron chi connectivity index (χ2n) is 7.55. The Morgan fingerprint density at radius 2 is 1.80 bits per heavy atom. The zero-order valence-electron chi connectivity index (χ0n) is 14.4. The van der Waals surface area contributed by atoms with Gasteiger partial charge in [-0.25, -0.2) is 0 Å². The lowest BCUT2D eigenvalue weighted by atomic mass is 9.75. The molecule has 2 atom stereocenters. The molecule has 5 heteroatoms. The normalized spacial score (nSPS) is 26.2. The molecule has 1 aromatic carbocycles. The average molecular weight is 340 g/mol. The van der Waals surface area contributed by atoms with Crippen LogP contribution in [0, 0.1) is 11.8 Å². The van der Waals surface area contributed by atoms with Gasteiger partial charge in [0.1, 0.15) is 6.54 Å². The summed E-state index contributed by atoms with van der Waals surface area (Å²) < 4.78 is 0. The van der Waals surface area contributed by atoms with E-state index >= 15 is 0 Å². The molecule has 4 rings (SSSR count). The maximum absolute atomic E-state index is 12.7. The predicted molar refractivity (Wildman–Crippen MR) is 92.8 cm³/mol. The van der Waals surface area contributed by atoms with Crippen LogP contribution in [0.3, 0.4) is 0 Å². The van der Waals surface area contributed by atoms with Crippen LogP contribution >= 0.6 is 0 Å². The first kappa shape index (κ1) is 16.3. The smallest absolute Gasteiger partial charge is 0.261 e. The molecule has 0 N–H and O–H groups in total. The van der Waals surface area contributed by atoms with Crippen LogP contribution in [-0.2, 0) is 16.0 Å². The van der Waals surface area contributed by atoms with Gasteiger partial charge < -0.3 is 4.90 Å². The van der Waals surface area contributed by atoms with Crippen LogP contribution in [0.25, 0.3) is 0 Å². The van der Waals surface area contributed by atoms with Gasteiger partial charge in [-0.1, -0.05) is 37.5 Å². The Balaban J connectivity index is 1.44. The Morgan fingerprint density at radius 1 is 1.04 bits per heavy atom. The first-order valence-corrected chi connectivity index (χ1v) is 9.34. The molecule has 1 saturated heterocycles. The monoisotopic (exact) mass is 340 g/mol. The van der Waals surface area contributed by atoms with E-state index < -0.39 is 0 Å². The molecule has 1 aromatic rings. The molecule has 1 aliphatic carbocycles. The number of imide groups is 1. The van der Waals surface area contributed by atoms with Gasteiger partial charge in [-0.2, -0.15) is 0 Å². The Hall–Kier alpha value is -2.17. The molecule has 0 aromatic heterocycles. The maximum Gasteiger partial charge on any atom is 0.261 e. The predicted octanol–water partition coefficient (Wildman–Crippen LogP) is 2.25. The highest BCUT2D eigenvalue weighted by Crippen LogP contribution is 2.36. The van der Waals surface area contributed by atoms with Gasteiger partial charge in [0.2, 0.25) is 11.8 Å². The number of hydrogen-bond acceptors (Lipinski definition) is 3. The molecular weight excluding hydrogens is 316 g/mol. The van der Waals surface area contributed by atoms with Gasteiger partial charge in [-0.15, -0.1) is 0 Å². The highest BCUT2D eigenvalue weighted by molar-refractivity contribution is 6.11. The Kier molecular flexibility index (Phi) is 4.32. The van der Waals surface area contributed by atoms with Gasteiger partial charge in [0.05, 0.1) is 6.42 Å². The fourth-order valence-electron chi connectivity index (χ4n) is 4.62. The van der Waals surface area contributed by atoms with E-state index in [4.69, 9.17) is 0 Å². The van der Waals surface area contributed by atoms with Crippen LogP contribution < -0.4 is 0 Å². The van der Waals surface area contributed by atoms with E-state index in [2.05, 4.69) is 0 Å². The van der Waals surface area contributed by atoms with Gasteiger partial charge in [-0.3, -0.25) is 19.3 Å². The summed E-state index contributed by atoms with van der Waals surface area (Å²) in [6, 6.07) is 7.15. The Labute approximate surface area is 148 Å². The Morgan fingerprint density at radius 3 is 2.64 bits per heavy atom. The van der Waals surface area contributed by atoms with Crippen molar-refractivity contribution in [1.82, 2.24) is 9.80 Å². The van der Waals surface area contributed by atoms with Gasteiger partial charge in [0, 0.05) is 18.7 Å². The van der Waals surface area contributed by atoms with Crippen molar-refractivity contribution in [2.45, 2.75) is 38.5 Å². The lowest BCUT2D eigenvalue weighted by molar-refractivity contribution is -0.140. The van der Waals surface area contributed by atoms with Crippen molar-refractivity contribution in [2.24, 2.45) is 11.8 Å². The fourth-order valence-corrected chi connectivity index (χ4v) is 4.62. The summed E-state index contributed by atoms with van der Waals surface area (Å²) in [5.41, 5.74) is 1.30. The number of piperidine rings is 1. The zero-order valence-corrected chi connectivity index (χ0v) is 14.4. The van der Waals surface area contributed by atoms with E-state index in [1.54, 1.807) is 18.2 Å². The molecule has 5 nitrogen and oxygen atoms in total. The molecule has 25 heavy (non-hydrogen) atoms. The second-order valence-corrected chi connectivity index (χ2v) is 7.55. The third-order valence-corrected chi connectivity index (χ3v) is 6.07. The van der Waals surface area contributed by atoms with E-state index in [1.807, 2.05) is 11.0 Å². The van der Waals surface area contributed by atoms with Gasteiger partial charge in [-0.05, 0) is 36.3 Å². The first-order valence-electron chi connectivity index (χ1n) is 9.34. The average Bonchev–Trinajstić information content (AvgIpc) is 2.64. The number of benzene rings is 1. The minimum absolute atomic E-state index is 0.0925. The van der Waals surface area contributed by atoms with Gasteiger partial charge >= 0.3 is 0 Å². The molecule has 2 heterocycles. The lowest BCUT2D eigenvalue weighted by Crippen LogP contribution is -2.51. The van der Waals surface area contributed by atoms with Crippen LogP contribution in [0.2, 0.25) is 0 Å². The molecule has 2 aliphatic heterocycles. The summed E-state index contributed by atoms with van der Waals surface area (Å²) in [5.74, 6) is 0.644. The molecule has 132 valence electrons. The summed E-state index contributed by atoms with van der Waals surface area (Å²) in [6.07, 6.45) is 6.30. The molecular formula is C20H24N2O3. The molecule has 0 radical (unpaired) electrons. The zero-order chi connectivity index (χ0) is 17.4. The third kappa shape index (κ3) is 3.08. The van der Waals surface area contributed by atoms with Crippen molar-refractivity contribution in [1.29, 1.82) is 0 Å². The van der Waals surface area contributed by atoms with Gasteiger partial charge in [0.15, 0.2) is 0 Å². The molecule has 0 bridgehead atoms. The van der Waals surface area contributed by atoms with Crippen molar-refractivity contribution in [3.8, 4) is 0 Å². The second kappa shape index (κ2) is 6.62. The number of carbonyl (C=O) groups is 3. The lowest BCUT2D eigenvalue weighted by Gasteiger charge is -2.41. The quantitative estimate of drug-likeness (QED) is 0.776. The number of nitrogens with zero attached hydrogens (tertiary/aromatic N) is 2. The molecule has 0 spiro atoms. The van der Waals surface area contributed by atoms with Crippen molar-refractivity contribution in [2.75, 3.05) is 19.6 Å². The van der Waals surface area contributed by atoms with Crippen LogP contribution in [0.5, 0.6) is 0 Å². The first-order chi connectivity index (χ1) is 12.1. The minimum atomic E-state index is -0.340. The Bertz CT molecular complexity index is 715. The van der Waals surface area contributed by atoms with Gasteiger partial charge in [0.25, 0.3) is 5.91 Å². The standard InChI is InChI=1S/C20H24N2O3/c23-18-11-15-6-3-4-8-17(15)20(25)22(18)13-19(24)21-10-9-14-5-1-2-7-16(14)12-21/h3-4,6,8,14,16H,1-2,5,7,9-13H2/t14-,16+/m0/s1. The highest BCUT2D eigenvalue weighted by atomic mass is 16.2. The number of fused-ring (bicyclic) bond motifs is 2. The van der Waals surface area contributed by atoms with Crippen molar-refractivity contribution < 1.29 is 14.4 Å². The van der Waals surface area contributed by atoms with E-state index in [-0.39, 0.29) is 30.7 Å². The SMILES string of the molecule is O=C(CN1C(=O)Cc2ccccc2C1=O)N1CC[C@@H]2CCCC[C@@H]2C1. The maximum atomic E-state index is 12.7. The number of likely N-dealkylation sites (tertiary alicyclic amines) is 1. The number of rotatable bonds is 2. The third-order valence-electron chi connectivity index (χ3n) is 6.07. The van der Waals surface area contributed by atoms with E-state index in [0.717, 1.165) is 35.9 Å². The summed E-state index contributed by atoms with van der Waals surface area (Å²) in [7, 11) is 0. The van der Waals surface area contributed by atoms with Crippen LogP contribution in [0.1, 0.15) is 48.0 Å². The van der Waals surface area contributed by atoms with E-state index in [1.165, 1.54) is 25.7 Å². The summed E-state index contributed by atoms with van der Waals surface area (Å²) >= 11 is 0. The number of hydrogen-bond donors (Lipinski definition) is 0. The molecule has 3 amide bonds. The van der Waals surface area contributed by atoms with Crippen LogP contribution in [0.4, 0.5) is 0 Å². The van der Waals surface area contributed by atoms with E-state index in [0.29, 0.717) is 11.5 Å². The van der Waals surface area contributed by atoms with Crippen molar-refractivity contribution >= 4 is 17.7 Å². The fraction of sp³-hybridized carbons (Fsp3) is 0.550.